The predicted molar refractivity (Wildman–Crippen MR) is 50.2 cm³/mol. The molecule has 64 valence electrons. The molecule has 0 aliphatic carbocycles. The number of fused-ring (bicyclic) bond motifs is 1. The van der Waals surface area contributed by atoms with Crippen LogP contribution in [-0.4, -0.2) is 5.75 Å². The standard InChI is InChI=1S/C10H11FS/c1-7-4-5-8-3-2-6-12-10(8)9(7)11/h4-5H,2-3,6H2,1H3. The molecule has 0 amide bonds. The molecule has 0 radical (unpaired) electrons. The maximum atomic E-state index is 13.5. The van der Waals surface area contributed by atoms with Crippen LogP contribution in [0.4, 0.5) is 4.39 Å². The lowest BCUT2D eigenvalue weighted by molar-refractivity contribution is 0.585. The van der Waals surface area contributed by atoms with E-state index in [0.29, 0.717) is 0 Å². The predicted octanol–water partition coefficient (Wildman–Crippen LogP) is 3.17. The Bertz CT molecular complexity index is 307. The van der Waals surface area contributed by atoms with E-state index in [9.17, 15) is 4.39 Å². The summed E-state index contributed by atoms with van der Waals surface area (Å²) in [5, 5.41) is 0. The van der Waals surface area contributed by atoms with Gasteiger partial charge in [0.15, 0.2) is 0 Å². The van der Waals surface area contributed by atoms with Crippen LogP contribution in [0.15, 0.2) is 17.0 Å². The van der Waals surface area contributed by atoms with Gasteiger partial charge in [-0.15, -0.1) is 11.8 Å². The number of benzene rings is 1. The quantitative estimate of drug-likeness (QED) is 0.594. The van der Waals surface area contributed by atoms with Crippen molar-refractivity contribution >= 4 is 11.8 Å². The molecule has 0 N–H and O–H groups in total. The minimum atomic E-state index is -0.00259. The van der Waals surface area contributed by atoms with E-state index in [2.05, 4.69) is 6.07 Å². The molecule has 0 nitrogen and oxygen atoms in total. The van der Waals surface area contributed by atoms with E-state index in [1.807, 2.05) is 13.0 Å². The van der Waals surface area contributed by atoms with Gasteiger partial charge in [-0.05, 0) is 36.6 Å². The summed E-state index contributed by atoms with van der Waals surface area (Å²) >= 11 is 1.65. The van der Waals surface area contributed by atoms with Crippen LogP contribution < -0.4 is 0 Å². The van der Waals surface area contributed by atoms with Gasteiger partial charge in [0, 0.05) is 4.90 Å². The highest BCUT2D eigenvalue weighted by molar-refractivity contribution is 7.99. The average Bonchev–Trinajstić information content (AvgIpc) is 2.12. The number of hydrogen-bond donors (Lipinski definition) is 0. The zero-order chi connectivity index (χ0) is 8.55. The maximum Gasteiger partial charge on any atom is 0.139 e. The Morgan fingerprint density at radius 1 is 1.42 bits per heavy atom. The van der Waals surface area contributed by atoms with Crippen molar-refractivity contribution in [3.63, 3.8) is 0 Å². The highest BCUT2D eigenvalue weighted by atomic mass is 32.2. The fraction of sp³-hybridized carbons (Fsp3) is 0.400. The molecule has 2 heteroatoms. The number of rotatable bonds is 0. The fourth-order valence-electron chi connectivity index (χ4n) is 1.48. The lowest BCUT2D eigenvalue weighted by Crippen LogP contribution is -2.01. The first-order chi connectivity index (χ1) is 5.79. The Kier molecular flexibility index (Phi) is 2.09. The molecule has 1 aromatic rings. The van der Waals surface area contributed by atoms with Gasteiger partial charge < -0.3 is 0 Å². The van der Waals surface area contributed by atoms with Crippen LogP contribution >= 0.6 is 11.8 Å². The summed E-state index contributed by atoms with van der Waals surface area (Å²) in [5.74, 6) is 1.06. The third-order valence-electron chi connectivity index (χ3n) is 2.21. The molecule has 0 aromatic heterocycles. The van der Waals surface area contributed by atoms with E-state index in [4.69, 9.17) is 0 Å². The molecule has 0 saturated carbocycles. The lowest BCUT2D eigenvalue weighted by atomic mass is 10.1. The molecule has 0 saturated heterocycles. The van der Waals surface area contributed by atoms with E-state index >= 15 is 0 Å². The summed E-state index contributed by atoms with van der Waals surface area (Å²) < 4.78 is 13.5. The molecular weight excluding hydrogens is 171 g/mol. The first-order valence-electron chi connectivity index (χ1n) is 4.20. The van der Waals surface area contributed by atoms with Gasteiger partial charge in [0.1, 0.15) is 5.82 Å². The topological polar surface area (TPSA) is 0 Å². The number of aryl methyl sites for hydroxylation is 2. The van der Waals surface area contributed by atoms with Crippen LogP contribution in [-0.2, 0) is 6.42 Å². The zero-order valence-corrected chi connectivity index (χ0v) is 7.88. The third kappa shape index (κ3) is 1.24. The van der Waals surface area contributed by atoms with Gasteiger partial charge in [-0.25, -0.2) is 4.39 Å². The summed E-state index contributed by atoms with van der Waals surface area (Å²) in [4.78, 5) is 0.890. The molecule has 0 spiro atoms. The Balaban J connectivity index is 2.54. The minimum absolute atomic E-state index is 0.00259. The van der Waals surface area contributed by atoms with Crippen molar-refractivity contribution in [3.05, 3.63) is 29.1 Å². The normalized spacial score (nSPS) is 15.8. The van der Waals surface area contributed by atoms with Crippen molar-refractivity contribution in [2.24, 2.45) is 0 Å². The molecule has 0 unspecified atom stereocenters. The van der Waals surface area contributed by atoms with Crippen molar-refractivity contribution in [2.75, 3.05) is 5.75 Å². The molecule has 1 aliphatic heterocycles. The molecule has 12 heavy (non-hydrogen) atoms. The summed E-state index contributed by atoms with van der Waals surface area (Å²) in [5.41, 5.74) is 1.96. The van der Waals surface area contributed by atoms with E-state index < -0.39 is 0 Å². The van der Waals surface area contributed by atoms with Gasteiger partial charge >= 0.3 is 0 Å². The van der Waals surface area contributed by atoms with E-state index in [1.54, 1.807) is 11.8 Å². The highest BCUT2D eigenvalue weighted by Crippen LogP contribution is 2.33. The minimum Gasteiger partial charge on any atom is -0.205 e. The van der Waals surface area contributed by atoms with Crippen LogP contribution in [0, 0.1) is 12.7 Å². The van der Waals surface area contributed by atoms with Crippen molar-refractivity contribution in [3.8, 4) is 0 Å². The Labute approximate surface area is 76.2 Å². The maximum absolute atomic E-state index is 13.5. The zero-order valence-electron chi connectivity index (χ0n) is 7.06. The molecule has 1 aliphatic rings. The Hall–Kier alpha value is -0.500. The molecule has 1 aromatic carbocycles. The van der Waals surface area contributed by atoms with Gasteiger partial charge in [0.05, 0.1) is 0 Å². The van der Waals surface area contributed by atoms with Gasteiger partial charge in [0.2, 0.25) is 0 Å². The first-order valence-corrected chi connectivity index (χ1v) is 5.18. The molecule has 2 rings (SSSR count). The van der Waals surface area contributed by atoms with Crippen LogP contribution in [0.5, 0.6) is 0 Å². The van der Waals surface area contributed by atoms with Crippen molar-refractivity contribution < 1.29 is 4.39 Å². The highest BCUT2D eigenvalue weighted by Gasteiger charge is 2.14. The van der Waals surface area contributed by atoms with E-state index in [0.717, 1.165) is 22.6 Å². The van der Waals surface area contributed by atoms with E-state index in [1.165, 1.54) is 12.0 Å². The Morgan fingerprint density at radius 3 is 3.08 bits per heavy atom. The van der Waals surface area contributed by atoms with Gasteiger partial charge in [-0.1, -0.05) is 12.1 Å². The van der Waals surface area contributed by atoms with Crippen molar-refractivity contribution in [1.82, 2.24) is 0 Å². The second kappa shape index (κ2) is 3.09. The SMILES string of the molecule is Cc1ccc2c(c1F)SCCC2. The smallest absolute Gasteiger partial charge is 0.139 e. The molecule has 1 heterocycles. The third-order valence-corrected chi connectivity index (χ3v) is 3.43. The van der Waals surface area contributed by atoms with Gasteiger partial charge in [-0.2, -0.15) is 0 Å². The second-order valence-electron chi connectivity index (χ2n) is 3.14. The summed E-state index contributed by atoms with van der Waals surface area (Å²) in [6, 6.07) is 3.93. The summed E-state index contributed by atoms with van der Waals surface area (Å²) in [7, 11) is 0. The molecule has 0 atom stereocenters. The monoisotopic (exact) mass is 182 g/mol. The summed E-state index contributed by atoms with van der Waals surface area (Å²) in [6.45, 7) is 1.82. The lowest BCUT2D eigenvalue weighted by Gasteiger charge is -2.16. The van der Waals surface area contributed by atoms with Crippen LogP contribution in [0.2, 0.25) is 0 Å². The molecule has 0 bridgehead atoms. The van der Waals surface area contributed by atoms with Crippen LogP contribution in [0.25, 0.3) is 0 Å². The van der Waals surface area contributed by atoms with Gasteiger partial charge in [-0.3, -0.25) is 0 Å². The largest absolute Gasteiger partial charge is 0.205 e. The van der Waals surface area contributed by atoms with Gasteiger partial charge in [0.25, 0.3) is 0 Å². The van der Waals surface area contributed by atoms with E-state index in [-0.39, 0.29) is 5.82 Å². The Morgan fingerprint density at radius 2 is 2.25 bits per heavy atom. The van der Waals surface area contributed by atoms with Crippen LogP contribution in [0.1, 0.15) is 17.5 Å². The number of halogens is 1. The van der Waals surface area contributed by atoms with Crippen molar-refractivity contribution in [1.29, 1.82) is 0 Å². The van der Waals surface area contributed by atoms with Crippen LogP contribution in [0.3, 0.4) is 0 Å². The molecular formula is C10H11FS. The van der Waals surface area contributed by atoms with Crippen molar-refractivity contribution in [2.45, 2.75) is 24.7 Å². The second-order valence-corrected chi connectivity index (χ2v) is 4.24. The molecule has 0 fully saturated rings. The average molecular weight is 182 g/mol. The fourth-order valence-corrected chi connectivity index (χ4v) is 2.62. The number of hydrogen-bond acceptors (Lipinski definition) is 1. The number of thioether (sulfide) groups is 1. The first kappa shape index (κ1) is 8.11. The summed E-state index contributed by atoms with van der Waals surface area (Å²) in [6.07, 6.45) is 2.22.